The zero-order chi connectivity index (χ0) is 13.0. The predicted octanol–water partition coefficient (Wildman–Crippen LogP) is 3.08. The first kappa shape index (κ1) is 13.4. The summed E-state index contributed by atoms with van der Waals surface area (Å²) in [6.07, 6.45) is 4.27. The average Bonchev–Trinajstić information content (AvgIpc) is 2.39. The molecule has 1 aromatic rings. The summed E-state index contributed by atoms with van der Waals surface area (Å²) in [5.74, 6) is 0.800. The van der Waals surface area contributed by atoms with Gasteiger partial charge in [-0.05, 0) is 32.3 Å². The highest BCUT2D eigenvalue weighted by atomic mass is 16.5. The van der Waals surface area contributed by atoms with Crippen LogP contribution in [-0.4, -0.2) is 24.4 Å². The van der Waals surface area contributed by atoms with E-state index in [1.54, 1.807) is 14.0 Å². The van der Waals surface area contributed by atoms with E-state index in [1.165, 1.54) is 0 Å². The summed E-state index contributed by atoms with van der Waals surface area (Å²) >= 11 is 0. The molecule has 1 N–H and O–H groups in total. The third kappa shape index (κ3) is 3.24. The molecule has 0 aromatic heterocycles. The van der Waals surface area contributed by atoms with Crippen LogP contribution in [0.25, 0.3) is 0 Å². The molecule has 0 amide bonds. The van der Waals surface area contributed by atoms with Gasteiger partial charge in [-0.1, -0.05) is 18.2 Å². The Morgan fingerprint density at radius 1 is 1.22 bits per heavy atom. The van der Waals surface area contributed by atoms with Crippen molar-refractivity contribution in [3.05, 3.63) is 29.8 Å². The molecular weight excluding hydrogens is 228 g/mol. The minimum absolute atomic E-state index is 0.198. The number of para-hydroxylation sites is 1. The Morgan fingerprint density at radius 2 is 1.94 bits per heavy atom. The van der Waals surface area contributed by atoms with Crippen molar-refractivity contribution in [2.24, 2.45) is 0 Å². The lowest BCUT2D eigenvalue weighted by molar-refractivity contribution is 0.0199. The van der Waals surface area contributed by atoms with Crippen molar-refractivity contribution in [1.29, 1.82) is 0 Å². The van der Waals surface area contributed by atoms with Crippen molar-refractivity contribution in [2.45, 2.75) is 50.9 Å². The summed E-state index contributed by atoms with van der Waals surface area (Å²) in [6, 6.07) is 7.71. The van der Waals surface area contributed by atoms with E-state index in [2.05, 4.69) is 0 Å². The van der Waals surface area contributed by atoms with E-state index in [0.29, 0.717) is 6.10 Å². The Bertz CT molecular complexity index is 376. The second-order valence-corrected chi connectivity index (χ2v) is 4.98. The molecule has 100 valence electrons. The zero-order valence-electron chi connectivity index (χ0n) is 11.1. The van der Waals surface area contributed by atoms with Gasteiger partial charge in [0, 0.05) is 19.1 Å². The van der Waals surface area contributed by atoms with Crippen LogP contribution in [0.15, 0.2) is 24.3 Å². The van der Waals surface area contributed by atoms with E-state index in [4.69, 9.17) is 9.47 Å². The number of benzene rings is 1. The third-order valence-electron chi connectivity index (χ3n) is 3.57. The van der Waals surface area contributed by atoms with Crippen LogP contribution in [0.2, 0.25) is 0 Å². The topological polar surface area (TPSA) is 38.7 Å². The van der Waals surface area contributed by atoms with Crippen molar-refractivity contribution in [3.8, 4) is 5.75 Å². The molecule has 1 fully saturated rings. The van der Waals surface area contributed by atoms with Crippen LogP contribution in [0.3, 0.4) is 0 Å². The summed E-state index contributed by atoms with van der Waals surface area (Å²) in [7, 11) is 1.76. The summed E-state index contributed by atoms with van der Waals surface area (Å²) in [4.78, 5) is 0. The maximum Gasteiger partial charge on any atom is 0.125 e. The number of aliphatic hydroxyl groups is 1. The first-order valence-corrected chi connectivity index (χ1v) is 6.67. The fourth-order valence-corrected chi connectivity index (χ4v) is 2.54. The molecule has 1 aliphatic rings. The molecule has 0 saturated heterocycles. The zero-order valence-corrected chi connectivity index (χ0v) is 11.1. The lowest BCUT2D eigenvalue weighted by Gasteiger charge is -2.29. The van der Waals surface area contributed by atoms with Crippen molar-refractivity contribution in [2.75, 3.05) is 7.11 Å². The highest BCUT2D eigenvalue weighted by molar-refractivity contribution is 5.34. The number of hydrogen-bond donors (Lipinski definition) is 1. The molecule has 0 radical (unpaired) electrons. The van der Waals surface area contributed by atoms with Crippen LogP contribution >= 0.6 is 0 Å². The van der Waals surface area contributed by atoms with E-state index >= 15 is 0 Å². The van der Waals surface area contributed by atoms with Gasteiger partial charge in [0.25, 0.3) is 0 Å². The van der Waals surface area contributed by atoms with E-state index in [9.17, 15) is 5.11 Å². The highest BCUT2D eigenvalue weighted by Crippen LogP contribution is 2.29. The predicted molar refractivity (Wildman–Crippen MR) is 70.8 cm³/mol. The van der Waals surface area contributed by atoms with Crippen LogP contribution in [0.1, 0.15) is 44.3 Å². The summed E-state index contributed by atoms with van der Waals surface area (Å²) in [5, 5.41) is 9.73. The first-order valence-electron chi connectivity index (χ1n) is 6.67. The van der Waals surface area contributed by atoms with Gasteiger partial charge in [-0.25, -0.2) is 0 Å². The van der Waals surface area contributed by atoms with Gasteiger partial charge in [0.2, 0.25) is 0 Å². The molecule has 2 rings (SSSR count). The van der Waals surface area contributed by atoms with Crippen molar-refractivity contribution in [1.82, 2.24) is 0 Å². The Balaban J connectivity index is 2.04. The number of aliphatic hydroxyl groups excluding tert-OH is 1. The van der Waals surface area contributed by atoms with E-state index in [-0.39, 0.29) is 6.10 Å². The van der Waals surface area contributed by atoms with Gasteiger partial charge in [-0.2, -0.15) is 0 Å². The van der Waals surface area contributed by atoms with Gasteiger partial charge >= 0.3 is 0 Å². The fourth-order valence-electron chi connectivity index (χ4n) is 2.54. The Kier molecular flexibility index (Phi) is 4.61. The largest absolute Gasteiger partial charge is 0.490 e. The molecule has 3 heteroatoms. The average molecular weight is 250 g/mol. The second-order valence-electron chi connectivity index (χ2n) is 4.98. The molecule has 0 spiro atoms. The normalized spacial score (nSPS) is 25.7. The van der Waals surface area contributed by atoms with Crippen LogP contribution < -0.4 is 4.74 Å². The Hall–Kier alpha value is -1.06. The highest BCUT2D eigenvalue weighted by Gasteiger charge is 2.24. The third-order valence-corrected chi connectivity index (χ3v) is 3.57. The molecule has 3 unspecified atom stereocenters. The minimum atomic E-state index is -0.497. The van der Waals surface area contributed by atoms with Crippen molar-refractivity contribution in [3.63, 3.8) is 0 Å². The smallest absolute Gasteiger partial charge is 0.125 e. The molecule has 18 heavy (non-hydrogen) atoms. The molecule has 1 saturated carbocycles. The fraction of sp³-hybridized carbons (Fsp3) is 0.600. The van der Waals surface area contributed by atoms with E-state index in [0.717, 1.165) is 37.0 Å². The molecule has 1 aliphatic carbocycles. The second kappa shape index (κ2) is 6.21. The molecule has 0 heterocycles. The van der Waals surface area contributed by atoms with Crippen molar-refractivity contribution < 1.29 is 14.6 Å². The Labute approximate surface area is 109 Å². The SMILES string of the molecule is COC1CCCC(Oc2ccccc2C(C)O)C1. The first-order chi connectivity index (χ1) is 8.70. The molecule has 1 aromatic carbocycles. The number of hydrogen-bond acceptors (Lipinski definition) is 3. The van der Waals surface area contributed by atoms with Gasteiger partial charge in [-0.15, -0.1) is 0 Å². The summed E-state index contributed by atoms with van der Waals surface area (Å²) in [6.45, 7) is 1.76. The summed E-state index contributed by atoms with van der Waals surface area (Å²) < 4.78 is 11.4. The van der Waals surface area contributed by atoms with Crippen LogP contribution in [-0.2, 0) is 4.74 Å². The summed E-state index contributed by atoms with van der Waals surface area (Å²) in [5.41, 5.74) is 0.858. The van der Waals surface area contributed by atoms with Crippen LogP contribution in [0, 0.1) is 0 Å². The quantitative estimate of drug-likeness (QED) is 0.892. The van der Waals surface area contributed by atoms with E-state index < -0.39 is 6.10 Å². The van der Waals surface area contributed by atoms with Gasteiger partial charge < -0.3 is 14.6 Å². The lowest BCUT2D eigenvalue weighted by atomic mass is 9.94. The van der Waals surface area contributed by atoms with Crippen molar-refractivity contribution >= 4 is 0 Å². The monoisotopic (exact) mass is 250 g/mol. The van der Waals surface area contributed by atoms with Gasteiger partial charge in [-0.3, -0.25) is 0 Å². The number of methoxy groups -OCH3 is 1. The molecular formula is C15H22O3. The maximum atomic E-state index is 9.73. The lowest BCUT2D eigenvalue weighted by Crippen LogP contribution is -2.29. The van der Waals surface area contributed by atoms with Gasteiger partial charge in [0.15, 0.2) is 0 Å². The molecule has 3 nitrogen and oxygen atoms in total. The Morgan fingerprint density at radius 3 is 2.67 bits per heavy atom. The van der Waals surface area contributed by atoms with Gasteiger partial charge in [0.1, 0.15) is 11.9 Å². The molecule has 0 aliphatic heterocycles. The standard InChI is InChI=1S/C15H22O3/c1-11(16)14-8-3-4-9-15(14)18-13-7-5-6-12(10-13)17-2/h3-4,8-9,11-13,16H,5-7,10H2,1-2H3. The van der Waals surface area contributed by atoms with Crippen LogP contribution in [0.4, 0.5) is 0 Å². The maximum absolute atomic E-state index is 9.73. The number of rotatable bonds is 4. The van der Waals surface area contributed by atoms with Gasteiger partial charge in [0.05, 0.1) is 12.2 Å². The molecule has 3 atom stereocenters. The minimum Gasteiger partial charge on any atom is -0.490 e. The van der Waals surface area contributed by atoms with E-state index in [1.807, 2.05) is 24.3 Å². The number of ether oxygens (including phenoxy) is 2. The molecule has 0 bridgehead atoms. The van der Waals surface area contributed by atoms with Crippen LogP contribution in [0.5, 0.6) is 5.75 Å².